The molecule has 0 amide bonds. The Hall–Kier alpha value is -0.160. The minimum Gasteiger partial charge on any atom is -0.317 e. The van der Waals surface area contributed by atoms with E-state index < -0.39 is 0 Å². The molecule has 0 aromatic heterocycles. The van der Waals surface area contributed by atoms with Gasteiger partial charge in [-0.15, -0.1) is 0 Å². The normalized spacial score (nSPS) is 10.1. The molecule has 0 saturated carbocycles. The van der Waals surface area contributed by atoms with E-state index in [1.807, 2.05) is 13.8 Å². The first-order valence-corrected chi connectivity index (χ1v) is 6.53. The van der Waals surface area contributed by atoms with Gasteiger partial charge in [-0.05, 0) is 6.42 Å². The molecule has 0 aliphatic carbocycles. The van der Waals surface area contributed by atoms with Gasteiger partial charge in [0.05, 0.1) is 0 Å². The molecule has 0 atom stereocenters. The van der Waals surface area contributed by atoms with E-state index in [2.05, 4.69) is 12.4 Å². The predicted molar refractivity (Wildman–Crippen MR) is 67.9 cm³/mol. The zero-order valence-electron chi connectivity index (χ0n) is 11.2. The summed E-state index contributed by atoms with van der Waals surface area (Å²) in [5.41, 5.74) is 2.16. The molecule has 0 bridgehead atoms. The van der Waals surface area contributed by atoms with Crippen LogP contribution in [0.5, 0.6) is 0 Å². The van der Waals surface area contributed by atoms with Gasteiger partial charge in [0.25, 0.3) is 0 Å². The van der Waals surface area contributed by atoms with Crippen LogP contribution in [0.15, 0.2) is 0 Å². The molecule has 0 unspecified atom stereocenters. The minimum atomic E-state index is 0.719. The van der Waals surface area contributed by atoms with Crippen molar-refractivity contribution in [2.75, 3.05) is 19.6 Å². The van der Waals surface area contributed by atoms with Crippen LogP contribution in [0.2, 0.25) is 0 Å². The molecule has 3 N–H and O–H groups in total. The molecule has 0 spiro atoms. The maximum absolute atomic E-state index is 8.50. The predicted octanol–water partition coefficient (Wildman–Crippen LogP) is 3.04. The Morgan fingerprint density at radius 3 is 1.75 bits per heavy atom. The van der Waals surface area contributed by atoms with Crippen molar-refractivity contribution in [3.8, 4) is 0 Å². The molecule has 4 heteroatoms. The zero-order valence-corrected chi connectivity index (χ0v) is 11.2. The maximum Gasteiger partial charge on any atom is 0.0209 e. The van der Waals surface area contributed by atoms with Crippen molar-refractivity contribution in [3.05, 3.63) is 0 Å². The average Bonchev–Trinajstić information content (AvgIpc) is 2.33. The van der Waals surface area contributed by atoms with Crippen molar-refractivity contribution in [1.29, 1.82) is 0 Å². The van der Waals surface area contributed by atoms with Crippen LogP contribution in [0.1, 0.15) is 59.3 Å². The van der Waals surface area contributed by atoms with Crippen molar-refractivity contribution in [1.82, 2.24) is 10.5 Å². The van der Waals surface area contributed by atoms with Crippen LogP contribution in [0.25, 0.3) is 0 Å². The number of unbranched alkanes of at least 4 members (excludes halogenated alkanes) is 5. The van der Waals surface area contributed by atoms with Crippen molar-refractivity contribution in [3.63, 3.8) is 0 Å². The van der Waals surface area contributed by atoms with Crippen molar-refractivity contribution < 1.29 is 10.4 Å². The van der Waals surface area contributed by atoms with Crippen LogP contribution >= 0.6 is 0 Å². The second-order valence-electron chi connectivity index (χ2n) is 3.81. The summed E-state index contributed by atoms with van der Waals surface area (Å²) in [6, 6.07) is 0. The van der Waals surface area contributed by atoms with Crippen molar-refractivity contribution in [2.45, 2.75) is 59.3 Å². The fourth-order valence-corrected chi connectivity index (χ4v) is 1.21. The van der Waals surface area contributed by atoms with Crippen LogP contribution in [-0.2, 0) is 0 Å². The fourth-order valence-electron chi connectivity index (χ4n) is 1.21. The SMILES string of the molecule is CCCCCCCCNO.CCN(O)CC. The molecule has 100 valence electrons. The number of nitrogens with one attached hydrogen (secondary N) is 1. The summed E-state index contributed by atoms with van der Waals surface area (Å²) < 4.78 is 0. The van der Waals surface area contributed by atoms with Gasteiger partial charge in [0.15, 0.2) is 0 Å². The van der Waals surface area contributed by atoms with Gasteiger partial charge in [0.2, 0.25) is 0 Å². The van der Waals surface area contributed by atoms with Crippen LogP contribution in [0.4, 0.5) is 0 Å². The first-order chi connectivity index (χ1) is 7.72. The van der Waals surface area contributed by atoms with Gasteiger partial charge in [-0.2, -0.15) is 5.06 Å². The summed E-state index contributed by atoms with van der Waals surface area (Å²) in [4.78, 5) is 0. The topological polar surface area (TPSA) is 55.7 Å². The molecule has 0 aromatic rings. The minimum absolute atomic E-state index is 0.719. The second-order valence-corrected chi connectivity index (χ2v) is 3.81. The van der Waals surface area contributed by atoms with Gasteiger partial charge in [0.1, 0.15) is 0 Å². The number of rotatable bonds is 9. The number of hydroxylamine groups is 3. The van der Waals surface area contributed by atoms with E-state index in [9.17, 15) is 0 Å². The molecule has 0 radical (unpaired) electrons. The summed E-state index contributed by atoms with van der Waals surface area (Å²) in [7, 11) is 0. The van der Waals surface area contributed by atoms with Crippen LogP contribution in [-0.4, -0.2) is 35.1 Å². The third-order valence-electron chi connectivity index (χ3n) is 2.37. The zero-order chi connectivity index (χ0) is 12.6. The third kappa shape index (κ3) is 19.4. The lowest BCUT2D eigenvalue weighted by molar-refractivity contribution is -0.0813. The second kappa shape index (κ2) is 17.2. The van der Waals surface area contributed by atoms with E-state index >= 15 is 0 Å². The van der Waals surface area contributed by atoms with Gasteiger partial charge >= 0.3 is 0 Å². The van der Waals surface area contributed by atoms with Gasteiger partial charge < -0.3 is 10.4 Å². The molecule has 16 heavy (non-hydrogen) atoms. The van der Waals surface area contributed by atoms with Gasteiger partial charge in [-0.3, -0.25) is 0 Å². The Kier molecular flexibility index (Phi) is 19.6. The lowest BCUT2D eigenvalue weighted by atomic mass is 10.1. The molecular formula is C12H30N2O2. The highest BCUT2D eigenvalue weighted by Crippen LogP contribution is 2.03. The standard InChI is InChI=1S/C8H19NO.C4H11NO/c1-2-3-4-5-6-7-8-9-10;1-3-5(6)4-2/h9-10H,2-8H2,1H3;6H,3-4H2,1-2H3. The lowest BCUT2D eigenvalue weighted by Gasteiger charge is -2.05. The Morgan fingerprint density at radius 2 is 1.38 bits per heavy atom. The maximum atomic E-state index is 8.50. The highest BCUT2D eigenvalue weighted by atomic mass is 16.5. The van der Waals surface area contributed by atoms with E-state index in [0.717, 1.165) is 26.1 Å². The summed E-state index contributed by atoms with van der Waals surface area (Å²) in [5, 5.41) is 18.0. The number of hydrogen-bond acceptors (Lipinski definition) is 4. The molecule has 0 saturated heterocycles. The van der Waals surface area contributed by atoms with Gasteiger partial charge in [-0.1, -0.05) is 52.9 Å². The molecule has 0 fully saturated rings. The van der Waals surface area contributed by atoms with Crippen LogP contribution < -0.4 is 5.48 Å². The Morgan fingerprint density at radius 1 is 0.875 bits per heavy atom. The van der Waals surface area contributed by atoms with Gasteiger partial charge in [0, 0.05) is 19.6 Å². The first kappa shape index (κ1) is 18.2. The van der Waals surface area contributed by atoms with Crippen molar-refractivity contribution >= 4 is 0 Å². The monoisotopic (exact) mass is 234 g/mol. The Labute approximate surface area is 101 Å². The lowest BCUT2D eigenvalue weighted by Crippen LogP contribution is -2.16. The van der Waals surface area contributed by atoms with Crippen LogP contribution in [0.3, 0.4) is 0 Å². The highest BCUT2D eigenvalue weighted by molar-refractivity contribution is 4.43. The first-order valence-electron chi connectivity index (χ1n) is 6.53. The van der Waals surface area contributed by atoms with E-state index in [1.54, 1.807) is 0 Å². The summed E-state index contributed by atoms with van der Waals surface area (Å²) in [6.45, 7) is 8.21. The summed E-state index contributed by atoms with van der Waals surface area (Å²) >= 11 is 0. The molecule has 0 rings (SSSR count). The quantitative estimate of drug-likeness (QED) is 0.424. The smallest absolute Gasteiger partial charge is 0.0209 e. The van der Waals surface area contributed by atoms with Crippen LogP contribution in [0, 0.1) is 0 Å². The highest BCUT2D eigenvalue weighted by Gasteiger charge is 1.87. The third-order valence-corrected chi connectivity index (χ3v) is 2.37. The fraction of sp³-hybridized carbons (Fsp3) is 1.00. The molecule has 0 aliphatic rings. The Balaban J connectivity index is 0. The average molecular weight is 234 g/mol. The molecule has 4 nitrogen and oxygen atoms in total. The van der Waals surface area contributed by atoms with E-state index in [1.165, 1.54) is 37.2 Å². The molecular weight excluding hydrogens is 204 g/mol. The Bertz CT molecular complexity index is 101. The van der Waals surface area contributed by atoms with E-state index in [-0.39, 0.29) is 0 Å². The number of nitrogens with zero attached hydrogens (tertiary/aromatic N) is 1. The molecule has 0 heterocycles. The summed E-state index contributed by atoms with van der Waals surface area (Å²) in [5.74, 6) is 0. The van der Waals surface area contributed by atoms with E-state index in [0.29, 0.717) is 0 Å². The largest absolute Gasteiger partial charge is 0.317 e. The summed E-state index contributed by atoms with van der Waals surface area (Å²) in [6.07, 6.45) is 7.66. The molecule has 0 aromatic carbocycles. The van der Waals surface area contributed by atoms with Gasteiger partial charge in [-0.25, -0.2) is 5.48 Å². The van der Waals surface area contributed by atoms with Crippen molar-refractivity contribution in [2.24, 2.45) is 0 Å². The number of hydrogen-bond donors (Lipinski definition) is 3. The molecule has 0 aliphatic heterocycles. The van der Waals surface area contributed by atoms with E-state index in [4.69, 9.17) is 10.4 Å².